The number of benzene rings is 1. The van der Waals surface area contributed by atoms with E-state index in [9.17, 15) is 19.2 Å². The minimum Gasteiger partial charge on any atom is -0.369 e. The monoisotopic (exact) mass is 356 g/mol. The molecule has 3 heterocycles. The van der Waals surface area contributed by atoms with Crippen LogP contribution in [0.15, 0.2) is 18.2 Å². The van der Waals surface area contributed by atoms with E-state index >= 15 is 0 Å². The molecule has 2 fully saturated rings. The van der Waals surface area contributed by atoms with Gasteiger partial charge in [-0.1, -0.05) is 6.07 Å². The number of anilines is 1. The van der Waals surface area contributed by atoms with Gasteiger partial charge in [-0.25, -0.2) is 0 Å². The van der Waals surface area contributed by atoms with Gasteiger partial charge in [0.2, 0.25) is 11.8 Å². The number of carbonyl (C=O) groups excluding carboxylic acids is 4. The minimum atomic E-state index is -0.934. The summed E-state index contributed by atoms with van der Waals surface area (Å²) in [5.74, 6) is -1.89. The van der Waals surface area contributed by atoms with Crippen molar-refractivity contribution in [2.45, 2.75) is 31.3 Å². The Balaban J connectivity index is 1.68. The number of fused-ring (bicyclic) bond motifs is 1. The van der Waals surface area contributed by atoms with E-state index in [-0.39, 0.29) is 18.7 Å². The minimum absolute atomic E-state index is 0.118. The van der Waals surface area contributed by atoms with E-state index in [4.69, 9.17) is 0 Å². The first-order valence-electron chi connectivity index (χ1n) is 8.78. The van der Waals surface area contributed by atoms with Gasteiger partial charge < -0.3 is 10.2 Å². The summed E-state index contributed by atoms with van der Waals surface area (Å²) in [7, 11) is 1.91. The molecular weight excluding hydrogens is 336 g/mol. The second kappa shape index (κ2) is 6.21. The molecule has 0 spiro atoms. The Morgan fingerprint density at radius 3 is 2.62 bits per heavy atom. The second-order valence-electron chi connectivity index (χ2n) is 6.87. The molecule has 2 saturated heterocycles. The van der Waals surface area contributed by atoms with Crippen molar-refractivity contribution in [1.82, 2.24) is 15.5 Å². The Morgan fingerprint density at radius 2 is 1.92 bits per heavy atom. The van der Waals surface area contributed by atoms with E-state index in [2.05, 4.69) is 15.5 Å². The molecule has 136 valence electrons. The summed E-state index contributed by atoms with van der Waals surface area (Å²) in [5.41, 5.74) is 1.41. The molecule has 3 aliphatic heterocycles. The van der Waals surface area contributed by atoms with Gasteiger partial charge in [-0.15, -0.1) is 0 Å². The third-order valence-corrected chi connectivity index (χ3v) is 5.38. The maximum atomic E-state index is 13.1. The Hall–Kier alpha value is -2.74. The molecule has 3 aliphatic rings. The molecule has 26 heavy (non-hydrogen) atoms. The number of piperidine rings is 1. The predicted octanol–water partition coefficient (Wildman–Crippen LogP) is -0.114. The summed E-state index contributed by atoms with van der Waals surface area (Å²) < 4.78 is 0. The van der Waals surface area contributed by atoms with Crippen LogP contribution in [-0.2, 0) is 9.59 Å². The SMILES string of the molecule is CN[C@H]1CCN(c2cccc3c2C(=O)N(C2CCC(=O)NC2=O)C3=O)C1. The molecule has 0 bridgehead atoms. The van der Waals surface area contributed by atoms with Crippen LogP contribution in [0.25, 0.3) is 0 Å². The first-order valence-corrected chi connectivity index (χ1v) is 8.78. The third kappa shape index (κ3) is 2.48. The van der Waals surface area contributed by atoms with E-state index < -0.39 is 23.8 Å². The number of nitrogens with one attached hydrogen (secondary N) is 2. The predicted molar refractivity (Wildman–Crippen MR) is 92.8 cm³/mol. The average Bonchev–Trinajstić information content (AvgIpc) is 3.20. The van der Waals surface area contributed by atoms with Crippen LogP contribution in [0, 0.1) is 0 Å². The number of carbonyl (C=O) groups is 4. The maximum absolute atomic E-state index is 13.1. The molecule has 0 aliphatic carbocycles. The number of imide groups is 2. The summed E-state index contributed by atoms with van der Waals surface area (Å²) in [6.07, 6.45) is 1.24. The summed E-state index contributed by atoms with van der Waals surface area (Å²) in [5, 5.41) is 5.45. The fraction of sp³-hybridized carbons (Fsp3) is 0.444. The molecule has 0 aromatic heterocycles. The van der Waals surface area contributed by atoms with Gasteiger partial charge in [0.05, 0.1) is 16.8 Å². The van der Waals surface area contributed by atoms with E-state index in [0.29, 0.717) is 17.2 Å². The summed E-state index contributed by atoms with van der Waals surface area (Å²) in [4.78, 5) is 52.5. The van der Waals surface area contributed by atoms with E-state index in [0.717, 1.165) is 30.1 Å². The quantitative estimate of drug-likeness (QED) is 0.733. The fourth-order valence-electron chi connectivity index (χ4n) is 3.98. The Morgan fingerprint density at radius 1 is 1.12 bits per heavy atom. The normalized spacial score (nSPS) is 25.7. The highest BCUT2D eigenvalue weighted by molar-refractivity contribution is 6.25. The van der Waals surface area contributed by atoms with Crippen molar-refractivity contribution in [2.24, 2.45) is 0 Å². The smallest absolute Gasteiger partial charge is 0.264 e. The molecule has 0 radical (unpaired) electrons. The standard InChI is InChI=1S/C18H20N4O4/c1-19-10-7-8-21(9-10)12-4-2-3-11-15(12)18(26)22(17(11)25)13-5-6-14(23)20-16(13)24/h2-4,10,13,19H,5-9H2,1H3,(H,20,23,24)/t10-,13?/m0/s1. The Kier molecular flexibility index (Phi) is 3.99. The lowest BCUT2D eigenvalue weighted by atomic mass is 10.0. The van der Waals surface area contributed by atoms with E-state index in [1.165, 1.54) is 0 Å². The van der Waals surface area contributed by atoms with Crippen molar-refractivity contribution in [2.75, 3.05) is 25.0 Å². The number of rotatable bonds is 3. The van der Waals surface area contributed by atoms with Crippen molar-refractivity contribution in [3.63, 3.8) is 0 Å². The highest BCUT2D eigenvalue weighted by atomic mass is 16.2. The van der Waals surface area contributed by atoms with Crippen LogP contribution in [-0.4, -0.2) is 60.7 Å². The van der Waals surface area contributed by atoms with Crippen LogP contribution in [0.2, 0.25) is 0 Å². The summed E-state index contributed by atoms with van der Waals surface area (Å²) >= 11 is 0. The van der Waals surface area contributed by atoms with Gasteiger partial charge in [0.15, 0.2) is 0 Å². The topological polar surface area (TPSA) is 98.8 Å². The molecule has 1 aromatic rings. The van der Waals surface area contributed by atoms with Crippen LogP contribution in [0.3, 0.4) is 0 Å². The summed E-state index contributed by atoms with van der Waals surface area (Å²) in [6, 6.07) is 4.63. The fourth-order valence-corrected chi connectivity index (χ4v) is 3.98. The lowest BCUT2D eigenvalue weighted by molar-refractivity contribution is -0.136. The molecule has 8 nitrogen and oxygen atoms in total. The zero-order valence-corrected chi connectivity index (χ0v) is 14.4. The van der Waals surface area contributed by atoms with Gasteiger partial charge in [0.25, 0.3) is 11.8 Å². The van der Waals surface area contributed by atoms with Gasteiger partial charge in [-0.3, -0.25) is 29.4 Å². The molecule has 8 heteroatoms. The second-order valence-corrected chi connectivity index (χ2v) is 6.87. The van der Waals surface area contributed by atoms with Crippen molar-refractivity contribution >= 4 is 29.3 Å². The average molecular weight is 356 g/mol. The lowest BCUT2D eigenvalue weighted by Gasteiger charge is -2.28. The number of hydrogen-bond donors (Lipinski definition) is 2. The van der Waals surface area contributed by atoms with E-state index in [1.807, 2.05) is 13.1 Å². The molecule has 2 N–H and O–H groups in total. The van der Waals surface area contributed by atoms with Crippen molar-refractivity contribution < 1.29 is 19.2 Å². The first kappa shape index (κ1) is 16.7. The maximum Gasteiger partial charge on any atom is 0.264 e. The number of nitrogens with zero attached hydrogens (tertiary/aromatic N) is 2. The van der Waals surface area contributed by atoms with Gasteiger partial charge >= 0.3 is 0 Å². The van der Waals surface area contributed by atoms with Gasteiger partial charge in [0, 0.05) is 25.6 Å². The highest BCUT2D eigenvalue weighted by Gasteiger charge is 2.46. The number of likely N-dealkylation sites (N-methyl/N-ethyl adjacent to an activating group) is 1. The molecular formula is C18H20N4O4. The van der Waals surface area contributed by atoms with Crippen LogP contribution < -0.4 is 15.5 Å². The molecule has 4 rings (SSSR count). The number of hydrogen-bond acceptors (Lipinski definition) is 6. The van der Waals surface area contributed by atoms with Crippen molar-refractivity contribution in [1.29, 1.82) is 0 Å². The van der Waals surface area contributed by atoms with E-state index in [1.54, 1.807) is 12.1 Å². The van der Waals surface area contributed by atoms with Crippen molar-refractivity contribution in [3.8, 4) is 0 Å². The lowest BCUT2D eigenvalue weighted by Crippen LogP contribution is -2.54. The molecule has 1 aromatic carbocycles. The molecule has 2 atom stereocenters. The van der Waals surface area contributed by atoms with Gasteiger partial charge in [-0.2, -0.15) is 0 Å². The Bertz CT molecular complexity index is 821. The van der Waals surface area contributed by atoms with Crippen LogP contribution in [0.1, 0.15) is 40.0 Å². The third-order valence-electron chi connectivity index (χ3n) is 5.38. The van der Waals surface area contributed by atoms with Crippen LogP contribution in [0.4, 0.5) is 5.69 Å². The number of amides is 4. The zero-order valence-electron chi connectivity index (χ0n) is 14.4. The van der Waals surface area contributed by atoms with Gasteiger partial charge in [0.1, 0.15) is 6.04 Å². The summed E-state index contributed by atoms with van der Waals surface area (Å²) in [6.45, 7) is 1.55. The molecule has 1 unspecified atom stereocenters. The van der Waals surface area contributed by atoms with Crippen LogP contribution in [0.5, 0.6) is 0 Å². The van der Waals surface area contributed by atoms with Crippen molar-refractivity contribution in [3.05, 3.63) is 29.3 Å². The highest BCUT2D eigenvalue weighted by Crippen LogP contribution is 2.35. The largest absolute Gasteiger partial charge is 0.369 e. The van der Waals surface area contributed by atoms with Gasteiger partial charge in [-0.05, 0) is 32.0 Å². The molecule has 4 amide bonds. The molecule has 0 saturated carbocycles. The first-order chi connectivity index (χ1) is 12.5. The van der Waals surface area contributed by atoms with Crippen LogP contribution >= 0.6 is 0 Å². The Labute approximate surface area is 150 Å². The zero-order chi connectivity index (χ0) is 18.4.